The molecule has 0 aliphatic carbocycles. The molecule has 6 rings (SSSR count). The number of amides is 2. The van der Waals surface area contributed by atoms with Crippen LogP contribution in [0, 0.1) is 16.0 Å². The zero-order valence-corrected chi connectivity index (χ0v) is 25.0. The van der Waals surface area contributed by atoms with Crippen molar-refractivity contribution < 1.29 is 47.1 Å². The summed E-state index contributed by atoms with van der Waals surface area (Å²) in [5, 5.41) is 23.1. The number of nitro groups is 1. The van der Waals surface area contributed by atoms with E-state index in [1.54, 1.807) is 23.9 Å². The highest BCUT2D eigenvalue weighted by Crippen LogP contribution is 2.42. The van der Waals surface area contributed by atoms with Crippen molar-refractivity contribution in [3.63, 3.8) is 0 Å². The number of fused-ring (bicyclic) bond motifs is 2. The van der Waals surface area contributed by atoms with Crippen LogP contribution in [0.3, 0.4) is 0 Å². The maximum atomic E-state index is 14.0. The number of nitrogens with one attached hydrogen (secondary N) is 1. The molecule has 4 heterocycles. The van der Waals surface area contributed by atoms with Crippen molar-refractivity contribution in [1.29, 1.82) is 0 Å². The summed E-state index contributed by atoms with van der Waals surface area (Å²) >= 11 is 0. The van der Waals surface area contributed by atoms with Gasteiger partial charge < -0.3 is 24.3 Å². The number of imide groups is 1. The number of aryl methyl sites for hydroxylation is 2. The highest BCUT2D eigenvalue weighted by atomic mass is 19.4. The number of hydrogen-bond donors (Lipinski definition) is 2. The lowest BCUT2D eigenvalue weighted by Crippen LogP contribution is -2.38. The van der Waals surface area contributed by atoms with Crippen LogP contribution in [-0.2, 0) is 38.0 Å². The minimum absolute atomic E-state index is 0.0798. The molecule has 47 heavy (non-hydrogen) atoms. The number of nitro benzene ring substituents is 1. The van der Waals surface area contributed by atoms with Crippen LogP contribution in [0.4, 0.5) is 18.9 Å². The molecular weight excluding hydrogens is 627 g/mol. The molecule has 0 radical (unpaired) electrons. The summed E-state index contributed by atoms with van der Waals surface area (Å²) in [4.78, 5) is 61.5. The number of carbonyl (C=O) groups excluding carboxylic acids is 3. The average Bonchev–Trinajstić information content (AvgIpc) is 3.63. The number of carbonyl (C=O) groups is 4. The van der Waals surface area contributed by atoms with Crippen LogP contribution < -0.4 is 5.32 Å². The van der Waals surface area contributed by atoms with E-state index < -0.39 is 41.6 Å². The van der Waals surface area contributed by atoms with Gasteiger partial charge in [0.05, 0.1) is 27.5 Å². The predicted molar refractivity (Wildman–Crippen MR) is 161 cm³/mol. The number of ether oxygens (including phenoxy) is 1. The van der Waals surface area contributed by atoms with Crippen LogP contribution in [0.15, 0.2) is 54.9 Å². The molecule has 1 saturated heterocycles. The highest BCUT2D eigenvalue weighted by Gasteiger charge is 2.42. The second-order valence-corrected chi connectivity index (χ2v) is 11.0. The Balaban J connectivity index is 0.000000559. The molecule has 2 aromatic carbocycles. The normalized spacial score (nSPS) is 15.7. The average molecular weight is 656 g/mol. The number of benzene rings is 2. The van der Waals surface area contributed by atoms with Gasteiger partial charge in [-0.1, -0.05) is 18.2 Å². The smallest absolute Gasteiger partial charge is 0.475 e. The first kappa shape index (κ1) is 32.9. The fourth-order valence-corrected chi connectivity index (χ4v) is 5.72. The molecular formula is C31H28F3N5O8. The number of aromatic nitrogens is 2. The summed E-state index contributed by atoms with van der Waals surface area (Å²) in [6, 6.07) is 12.0. The lowest BCUT2D eigenvalue weighted by atomic mass is 9.95. The highest BCUT2D eigenvalue weighted by molar-refractivity contribution is 6.50. The lowest BCUT2D eigenvalue weighted by molar-refractivity contribution is -0.384. The van der Waals surface area contributed by atoms with Gasteiger partial charge in [0.1, 0.15) is 0 Å². The molecule has 13 nitrogen and oxygen atoms in total. The molecule has 2 aromatic heterocycles. The van der Waals surface area contributed by atoms with E-state index >= 15 is 0 Å². The van der Waals surface area contributed by atoms with Gasteiger partial charge in [0.25, 0.3) is 17.5 Å². The van der Waals surface area contributed by atoms with E-state index in [9.17, 15) is 37.7 Å². The maximum Gasteiger partial charge on any atom is 0.490 e. The Kier molecular flexibility index (Phi) is 8.89. The summed E-state index contributed by atoms with van der Waals surface area (Å²) in [5.41, 5.74) is 2.77. The first-order chi connectivity index (χ1) is 22.2. The monoisotopic (exact) mass is 655 g/mol. The van der Waals surface area contributed by atoms with Crippen molar-refractivity contribution in [1.82, 2.24) is 19.4 Å². The second-order valence-electron chi connectivity index (χ2n) is 11.0. The van der Waals surface area contributed by atoms with E-state index in [1.165, 1.54) is 12.1 Å². The summed E-state index contributed by atoms with van der Waals surface area (Å²) in [5.74, 6) is -4.62. The van der Waals surface area contributed by atoms with Crippen molar-refractivity contribution in [2.75, 3.05) is 19.8 Å². The Morgan fingerprint density at radius 1 is 0.957 bits per heavy atom. The second kappa shape index (κ2) is 12.7. The number of alkyl halides is 3. The van der Waals surface area contributed by atoms with Crippen LogP contribution in [0.25, 0.3) is 33.0 Å². The van der Waals surface area contributed by atoms with E-state index in [0.717, 1.165) is 15.8 Å². The van der Waals surface area contributed by atoms with Gasteiger partial charge >= 0.3 is 18.1 Å². The minimum atomic E-state index is -5.08. The fourth-order valence-electron chi connectivity index (χ4n) is 5.72. The molecule has 246 valence electrons. The first-order valence-electron chi connectivity index (χ1n) is 14.3. The molecule has 0 atom stereocenters. The van der Waals surface area contributed by atoms with Gasteiger partial charge in [-0.2, -0.15) is 13.2 Å². The fraction of sp³-hybridized carbons (Fsp3) is 0.290. The number of esters is 1. The quantitative estimate of drug-likeness (QED) is 0.135. The molecule has 0 saturated carbocycles. The Morgan fingerprint density at radius 2 is 1.49 bits per heavy atom. The van der Waals surface area contributed by atoms with Gasteiger partial charge in [0.2, 0.25) is 0 Å². The molecule has 2 aliphatic heterocycles. The van der Waals surface area contributed by atoms with Crippen LogP contribution in [0.5, 0.6) is 0 Å². The topological polar surface area (TPSA) is 166 Å². The maximum absolute atomic E-state index is 14.0. The lowest BCUT2D eigenvalue weighted by Gasteiger charge is -2.22. The van der Waals surface area contributed by atoms with Crippen molar-refractivity contribution in [2.24, 2.45) is 20.0 Å². The molecule has 16 heteroatoms. The Labute approximate surface area is 263 Å². The van der Waals surface area contributed by atoms with Gasteiger partial charge in [-0.3, -0.25) is 24.5 Å². The minimum Gasteiger partial charge on any atom is -0.475 e. The van der Waals surface area contributed by atoms with E-state index in [-0.39, 0.29) is 22.8 Å². The van der Waals surface area contributed by atoms with Crippen LogP contribution in [-0.4, -0.2) is 73.8 Å². The number of aliphatic carboxylic acids is 1. The third kappa shape index (κ3) is 6.31. The summed E-state index contributed by atoms with van der Waals surface area (Å²) in [6.07, 6.45) is -0.308. The van der Waals surface area contributed by atoms with Gasteiger partial charge in [-0.05, 0) is 38.1 Å². The SMILES string of the molecule is Cn1cc(C2=C(c3cn(C)c4cc([N+](=O)[O-])ccc34)C(=O)N(COC(=O)C3CCNCC3)C2=O)c2ccccc21.O=C(O)C(F)(F)F. The molecule has 2 aliphatic rings. The third-order valence-corrected chi connectivity index (χ3v) is 8.04. The number of piperidine rings is 1. The number of halogens is 3. The molecule has 0 unspecified atom stereocenters. The number of non-ortho nitro benzene ring substituents is 1. The van der Waals surface area contributed by atoms with Crippen molar-refractivity contribution in [3.05, 3.63) is 76.1 Å². The van der Waals surface area contributed by atoms with E-state index in [4.69, 9.17) is 14.6 Å². The summed E-state index contributed by atoms with van der Waals surface area (Å²) < 4.78 is 40.8. The molecule has 0 spiro atoms. The predicted octanol–water partition coefficient (Wildman–Crippen LogP) is 3.99. The number of hydrogen-bond acceptors (Lipinski definition) is 8. The standard InChI is InChI=1S/C29H27N5O6.C2HF3O2/c1-31-14-21(19-5-3-4-6-23(19)31)25-26(22-15-32(2)24-13-18(34(38)39)7-8-20(22)24)28(36)33(27(25)35)16-40-29(37)17-9-11-30-12-10-17;3-2(4,5)1(6)7/h3-8,13-15,17,30H,9-12,16H2,1-2H3;(H,6,7). The van der Waals surface area contributed by atoms with Gasteiger partial charge in [-0.25, -0.2) is 9.69 Å². The number of nitrogens with zero attached hydrogens (tertiary/aromatic N) is 4. The van der Waals surface area contributed by atoms with E-state index in [2.05, 4.69) is 5.32 Å². The van der Waals surface area contributed by atoms with Crippen molar-refractivity contribution >= 4 is 62.4 Å². The van der Waals surface area contributed by atoms with Crippen molar-refractivity contribution in [3.8, 4) is 0 Å². The molecule has 0 bridgehead atoms. The molecule has 4 aromatic rings. The van der Waals surface area contributed by atoms with Crippen LogP contribution >= 0.6 is 0 Å². The van der Waals surface area contributed by atoms with Gasteiger partial charge in [0.15, 0.2) is 6.73 Å². The Bertz CT molecular complexity index is 1970. The van der Waals surface area contributed by atoms with Crippen molar-refractivity contribution in [2.45, 2.75) is 19.0 Å². The van der Waals surface area contributed by atoms with Crippen LogP contribution in [0.1, 0.15) is 24.0 Å². The largest absolute Gasteiger partial charge is 0.490 e. The van der Waals surface area contributed by atoms with E-state index in [1.807, 2.05) is 42.1 Å². The number of carboxylic acids is 1. The molecule has 2 N–H and O–H groups in total. The van der Waals surface area contributed by atoms with Gasteiger partial charge in [-0.15, -0.1) is 0 Å². The van der Waals surface area contributed by atoms with Crippen LogP contribution in [0.2, 0.25) is 0 Å². The number of rotatable bonds is 6. The molecule has 1 fully saturated rings. The number of para-hydroxylation sites is 1. The third-order valence-electron chi connectivity index (χ3n) is 8.04. The summed E-state index contributed by atoms with van der Waals surface area (Å²) in [6.45, 7) is 0.920. The molecule has 2 amide bonds. The first-order valence-corrected chi connectivity index (χ1v) is 14.3. The Morgan fingerprint density at radius 3 is 2.04 bits per heavy atom. The zero-order valence-electron chi connectivity index (χ0n) is 25.0. The van der Waals surface area contributed by atoms with E-state index in [0.29, 0.717) is 48.0 Å². The zero-order chi connectivity index (χ0) is 34.2. The number of carboxylic acid groups (broad SMARTS) is 1. The summed E-state index contributed by atoms with van der Waals surface area (Å²) in [7, 11) is 3.59. The Hall–Kier alpha value is -5.51. The van der Waals surface area contributed by atoms with Gasteiger partial charge in [0, 0.05) is 66.0 Å².